The lowest BCUT2D eigenvalue weighted by Crippen LogP contribution is -2.46. The van der Waals surface area contributed by atoms with E-state index in [1.165, 1.54) is 10.3 Å². The highest BCUT2D eigenvalue weighted by atomic mass is 32.1. The number of anilines is 1. The fourth-order valence-corrected chi connectivity index (χ4v) is 5.47. The number of aromatic nitrogens is 3. The Labute approximate surface area is 183 Å². The molecule has 0 unspecified atom stereocenters. The minimum absolute atomic E-state index is 0.868. The van der Waals surface area contributed by atoms with Gasteiger partial charge in [-0.15, -0.1) is 22.7 Å². The molecule has 0 bridgehead atoms. The minimum atomic E-state index is 0.868. The number of nitrogens with zero attached hydrogens (tertiary/aromatic N) is 5. The first-order chi connectivity index (χ1) is 14.7. The average Bonchev–Trinajstić information content (AvgIpc) is 3.40. The van der Waals surface area contributed by atoms with Gasteiger partial charge in [0.25, 0.3) is 0 Å². The molecule has 0 amide bonds. The molecule has 1 aromatic carbocycles. The monoisotopic (exact) mass is 437 g/mol. The zero-order valence-electron chi connectivity index (χ0n) is 17.0. The highest BCUT2D eigenvalue weighted by molar-refractivity contribution is 7.18. The summed E-state index contributed by atoms with van der Waals surface area (Å²) in [6.45, 7) is 6.96. The second-order valence-corrected chi connectivity index (χ2v) is 9.50. The molecule has 1 aliphatic heterocycles. The smallest absolute Gasteiger partial charge is 0.140 e. The fourth-order valence-electron chi connectivity index (χ4n) is 3.81. The number of hydrogen-bond acceptors (Lipinski definition) is 8. The third kappa shape index (κ3) is 3.90. The third-order valence-electron chi connectivity index (χ3n) is 5.38. The normalized spacial score (nSPS) is 15.1. The van der Waals surface area contributed by atoms with Crippen LogP contribution in [0.25, 0.3) is 20.8 Å². The lowest BCUT2D eigenvalue weighted by Gasteiger charge is -2.35. The zero-order chi connectivity index (χ0) is 20.5. The van der Waals surface area contributed by atoms with Crippen molar-refractivity contribution >= 4 is 38.7 Å². The largest absolute Gasteiger partial charge is 0.497 e. The molecule has 0 aliphatic carbocycles. The fraction of sp³-hybridized carbons (Fsp3) is 0.318. The summed E-state index contributed by atoms with van der Waals surface area (Å²) >= 11 is 3.43. The number of thiazole rings is 1. The van der Waals surface area contributed by atoms with E-state index in [4.69, 9.17) is 9.72 Å². The molecule has 3 aromatic heterocycles. The van der Waals surface area contributed by atoms with Crippen LogP contribution in [0.3, 0.4) is 0 Å². The number of fused-ring (bicyclic) bond motifs is 1. The van der Waals surface area contributed by atoms with Gasteiger partial charge in [0.2, 0.25) is 0 Å². The van der Waals surface area contributed by atoms with E-state index >= 15 is 0 Å². The Balaban J connectivity index is 1.23. The minimum Gasteiger partial charge on any atom is -0.497 e. The van der Waals surface area contributed by atoms with Gasteiger partial charge in [0.1, 0.15) is 27.7 Å². The van der Waals surface area contributed by atoms with Gasteiger partial charge in [-0.25, -0.2) is 15.0 Å². The molecule has 0 radical (unpaired) electrons. The maximum atomic E-state index is 5.24. The Morgan fingerprint density at radius 1 is 1.07 bits per heavy atom. The van der Waals surface area contributed by atoms with Crippen LogP contribution in [0.5, 0.6) is 5.75 Å². The molecule has 5 rings (SSSR count). The molecular formula is C22H23N5OS2. The van der Waals surface area contributed by atoms with Crippen LogP contribution in [0.2, 0.25) is 0 Å². The predicted octanol–water partition coefficient (Wildman–Crippen LogP) is 4.45. The van der Waals surface area contributed by atoms with Crippen molar-refractivity contribution in [1.29, 1.82) is 0 Å². The van der Waals surface area contributed by atoms with Crippen LogP contribution in [0, 0.1) is 6.92 Å². The lowest BCUT2D eigenvalue weighted by atomic mass is 10.2. The van der Waals surface area contributed by atoms with Crippen LogP contribution >= 0.6 is 22.7 Å². The van der Waals surface area contributed by atoms with Crippen molar-refractivity contribution in [1.82, 2.24) is 19.9 Å². The number of thiophene rings is 1. The van der Waals surface area contributed by atoms with Crippen LogP contribution < -0.4 is 9.64 Å². The summed E-state index contributed by atoms with van der Waals surface area (Å²) in [7, 11) is 1.69. The summed E-state index contributed by atoms with van der Waals surface area (Å²) in [5.74, 6) is 1.94. The van der Waals surface area contributed by atoms with E-state index in [0.29, 0.717) is 0 Å². The molecule has 30 heavy (non-hydrogen) atoms. The van der Waals surface area contributed by atoms with Gasteiger partial charge >= 0.3 is 0 Å². The van der Waals surface area contributed by atoms with E-state index in [2.05, 4.69) is 50.3 Å². The van der Waals surface area contributed by atoms with Gasteiger partial charge in [-0.3, -0.25) is 4.90 Å². The van der Waals surface area contributed by atoms with Crippen LogP contribution in [-0.2, 0) is 6.54 Å². The van der Waals surface area contributed by atoms with Crippen LogP contribution in [-0.4, -0.2) is 53.1 Å². The summed E-state index contributed by atoms with van der Waals surface area (Å²) in [6, 6.07) is 10.3. The zero-order valence-corrected chi connectivity index (χ0v) is 18.7. The highest BCUT2D eigenvalue weighted by Gasteiger charge is 2.21. The Morgan fingerprint density at radius 2 is 1.87 bits per heavy atom. The Bertz CT molecular complexity index is 1150. The van der Waals surface area contributed by atoms with Gasteiger partial charge in [0.15, 0.2) is 0 Å². The van der Waals surface area contributed by atoms with Crippen LogP contribution in [0.15, 0.2) is 42.0 Å². The van der Waals surface area contributed by atoms with Crippen molar-refractivity contribution < 1.29 is 4.74 Å². The Morgan fingerprint density at radius 3 is 2.63 bits per heavy atom. The lowest BCUT2D eigenvalue weighted by molar-refractivity contribution is 0.247. The van der Waals surface area contributed by atoms with Gasteiger partial charge in [0, 0.05) is 48.5 Å². The van der Waals surface area contributed by atoms with Crippen molar-refractivity contribution in [2.45, 2.75) is 13.5 Å². The van der Waals surface area contributed by atoms with Crippen molar-refractivity contribution in [2.24, 2.45) is 0 Å². The second kappa shape index (κ2) is 8.29. The van der Waals surface area contributed by atoms with E-state index in [1.54, 1.807) is 36.1 Å². The molecule has 4 heterocycles. The number of benzene rings is 1. The van der Waals surface area contributed by atoms with E-state index in [-0.39, 0.29) is 0 Å². The first-order valence-electron chi connectivity index (χ1n) is 9.97. The van der Waals surface area contributed by atoms with E-state index in [9.17, 15) is 0 Å². The van der Waals surface area contributed by atoms with Crippen LogP contribution in [0.4, 0.5) is 5.82 Å². The van der Waals surface area contributed by atoms with Gasteiger partial charge in [-0.2, -0.15) is 0 Å². The molecular weight excluding hydrogens is 414 g/mol. The molecule has 1 fully saturated rings. The van der Waals surface area contributed by atoms with E-state index < -0.39 is 0 Å². The topological polar surface area (TPSA) is 54.4 Å². The quantitative estimate of drug-likeness (QED) is 0.460. The average molecular weight is 438 g/mol. The van der Waals surface area contributed by atoms with Gasteiger partial charge in [-0.1, -0.05) is 0 Å². The van der Waals surface area contributed by atoms with E-state index in [1.807, 2.05) is 12.1 Å². The molecule has 1 saturated heterocycles. The molecule has 154 valence electrons. The third-order valence-corrected chi connectivity index (χ3v) is 7.28. The van der Waals surface area contributed by atoms with Crippen molar-refractivity contribution in [2.75, 3.05) is 38.2 Å². The summed E-state index contributed by atoms with van der Waals surface area (Å²) in [5, 5.41) is 4.41. The molecule has 1 aliphatic rings. The number of rotatable bonds is 5. The first kappa shape index (κ1) is 19.4. The van der Waals surface area contributed by atoms with Gasteiger partial charge < -0.3 is 9.64 Å². The Kier molecular flexibility index (Phi) is 5.37. The van der Waals surface area contributed by atoms with Crippen molar-refractivity contribution in [3.8, 4) is 16.3 Å². The standard InChI is InChI=1S/C22H23N5OS2/c1-15-11-19-20(23-14-24-22(19)30-15)27-9-7-26(8-10-27)12-17-13-29-21(25-17)16-3-5-18(28-2)6-4-16/h3-6,11,13-14H,7-10,12H2,1-2H3. The van der Waals surface area contributed by atoms with Crippen molar-refractivity contribution in [3.63, 3.8) is 0 Å². The number of aryl methyl sites for hydroxylation is 1. The molecule has 6 nitrogen and oxygen atoms in total. The summed E-state index contributed by atoms with van der Waals surface area (Å²) in [5.41, 5.74) is 2.27. The van der Waals surface area contributed by atoms with Gasteiger partial charge in [-0.05, 0) is 37.3 Å². The summed E-state index contributed by atoms with van der Waals surface area (Å²) in [4.78, 5) is 21.1. The number of ether oxygens (including phenoxy) is 1. The molecule has 0 N–H and O–H groups in total. The number of hydrogen-bond donors (Lipinski definition) is 0. The maximum Gasteiger partial charge on any atom is 0.140 e. The summed E-state index contributed by atoms with van der Waals surface area (Å²) < 4.78 is 5.24. The highest BCUT2D eigenvalue weighted by Crippen LogP contribution is 2.30. The van der Waals surface area contributed by atoms with E-state index in [0.717, 1.165) is 65.4 Å². The van der Waals surface area contributed by atoms with Gasteiger partial charge in [0.05, 0.1) is 18.2 Å². The molecule has 4 aromatic rings. The summed E-state index contributed by atoms with van der Waals surface area (Å²) in [6.07, 6.45) is 1.69. The van der Waals surface area contributed by atoms with Crippen LogP contribution in [0.1, 0.15) is 10.6 Å². The number of piperazine rings is 1. The molecule has 8 heteroatoms. The molecule has 0 saturated carbocycles. The number of methoxy groups -OCH3 is 1. The Hall–Kier alpha value is -2.55. The first-order valence-corrected chi connectivity index (χ1v) is 11.7. The molecule has 0 spiro atoms. The maximum absolute atomic E-state index is 5.24. The van der Waals surface area contributed by atoms with Crippen molar-refractivity contribution in [3.05, 3.63) is 52.6 Å². The molecule has 0 atom stereocenters. The predicted molar refractivity (Wildman–Crippen MR) is 124 cm³/mol. The second-order valence-electron chi connectivity index (χ2n) is 7.41. The SMILES string of the molecule is COc1ccc(-c2nc(CN3CCN(c4ncnc5sc(C)cc45)CC3)cs2)cc1.